The molecule has 1 fully saturated rings. The molecule has 24 heavy (non-hydrogen) atoms. The minimum Gasteiger partial charge on any atom is -0.303 e. The van der Waals surface area contributed by atoms with E-state index in [4.69, 9.17) is 39.6 Å². The number of nitrogens with zero attached hydrogens (tertiary/aromatic N) is 1. The Morgan fingerprint density at radius 1 is 0.917 bits per heavy atom. The molecule has 3 rings (SSSR count). The van der Waals surface area contributed by atoms with Gasteiger partial charge in [0.05, 0.1) is 17.6 Å². The molecular formula is C17H12Cl3NO3. The molecule has 1 aliphatic rings. The summed E-state index contributed by atoms with van der Waals surface area (Å²) in [5.74, 6) is -0.697. The number of rotatable bonds is 4. The number of anilines is 1. The lowest BCUT2D eigenvalue weighted by Crippen LogP contribution is -2.25. The van der Waals surface area contributed by atoms with Gasteiger partial charge in [-0.15, -0.1) is 0 Å². The molecule has 0 aromatic heterocycles. The molecule has 7 heteroatoms. The van der Waals surface area contributed by atoms with Crippen LogP contribution >= 0.6 is 34.8 Å². The van der Waals surface area contributed by atoms with Crippen LogP contribution in [0.1, 0.15) is 11.6 Å². The molecule has 3 unspecified atom stereocenters. The zero-order valence-electron chi connectivity index (χ0n) is 12.2. The monoisotopic (exact) mass is 383 g/mol. The van der Waals surface area contributed by atoms with Crippen LogP contribution < -0.4 is 5.06 Å². The summed E-state index contributed by atoms with van der Waals surface area (Å²) in [6, 6.07) is 11.3. The predicted octanol–water partition coefficient (Wildman–Crippen LogP) is 4.52. The van der Waals surface area contributed by atoms with Gasteiger partial charge in [-0.05, 0) is 42.0 Å². The molecule has 0 spiro atoms. The van der Waals surface area contributed by atoms with Crippen molar-refractivity contribution >= 4 is 53.1 Å². The molecule has 1 aliphatic heterocycles. The highest BCUT2D eigenvalue weighted by Crippen LogP contribution is 2.43. The van der Waals surface area contributed by atoms with E-state index < -0.39 is 18.1 Å². The molecule has 0 bridgehead atoms. The Morgan fingerprint density at radius 2 is 1.58 bits per heavy atom. The van der Waals surface area contributed by atoms with Gasteiger partial charge in [-0.3, -0.25) is 4.84 Å². The van der Waals surface area contributed by atoms with Gasteiger partial charge in [-0.25, -0.2) is 5.06 Å². The molecule has 124 valence electrons. The van der Waals surface area contributed by atoms with Gasteiger partial charge in [0.15, 0.2) is 12.4 Å². The predicted molar refractivity (Wildman–Crippen MR) is 93.6 cm³/mol. The van der Waals surface area contributed by atoms with E-state index in [1.165, 1.54) is 5.06 Å². The van der Waals surface area contributed by atoms with Crippen LogP contribution in [0, 0.1) is 5.92 Å². The minimum absolute atomic E-state index is 0.397. The summed E-state index contributed by atoms with van der Waals surface area (Å²) in [5, 5.41) is 2.96. The Hall–Kier alpha value is -1.59. The normalized spacial score (nSPS) is 23.3. The molecule has 0 saturated carbocycles. The molecule has 4 nitrogen and oxygen atoms in total. The van der Waals surface area contributed by atoms with E-state index in [-0.39, 0.29) is 0 Å². The van der Waals surface area contributed by atoms with Gasteiger partial charge in [-0.2, -0.15) is 0 Å². The second-order valence-corrected chi connectivity index (χ2v) is 6.61. The third kappa shape index (κ3) is 3.15. The maximum atomic E-state index is 11.6. The van der Waals surface area contributed by atoms with Gasteiger partial charge < -0.3 is 9.59 Å². The zero-order valence-corrected chi connectivity index (χ0v) is 14.5. The van der Waals surface area contributed by atoms with Crippen molar-refractivity contribution in [3.8, 4) is 0 Å². The molecular weight excluding hydrogens is 373 g/mol. The Balaban J connectivity index is 2.09. The molecule has 2 aromatic rings. The Morgan fingerprint density at radius 3 is 2.17 bits per heavy atom. The summed E-state index contributed by atoms with van der Waals surface area (Å²) in [4.78, 5) is 28.6. The number of aldehydes is 2. The van der Waals surface area contributed by atoms with Crippen molar-refractivity contribution in [3.05, 3.63) is 63.1 Å². The maximum Gasteiger partial charge on any atom is 0.152 e. The average molecular weight is 385 g/mol. The van der Waals surface area contributed by atoms with Crippen LogP contribution in [0.2, 0.25) is 15.1 Å². The number of hydrogen-bond donors (Lipinski definition) is 0. The topological polar surface area (TPSA) is 46.6 Å². The fourth-order valence-corrected chi connectivity index (χ4v) is 3.40. The van der Waals surface area contributed by atoms with Gasteiger partial charge in [0.2, 0.25) is 0 Å². The molecule has 0 radical (unpaired) electrons. The quantitative estimate of drug-likeness (QED) is 0.727. The van der Waals surface area contributed by atoms with Crippen LogP contribution in [-0.4, -0.2) is 18.7 Å². The SMILES string of the molecule is O=CC1ON(c2ccc(Cl)cc2)C(c2ccc(Cl)cc2Cl)C1C=O. The highest BCUT2D eigenvalue weighted by atomic mass is 35.5. The largest absolute Gasteiger partial charge is 0.303 e. The summed E-state index contributed by atoms with van der Waals surface area (Å²) >= 11 is 18.2. The van der Waals surface area contributed by atoms with E-state index in [0.717, 1.165) is 0 Å². The van der Waals surface area contributed by atoms with Crippen LogP contribution in [0.15, 0.2) is 42.5 Å². The maximum absolute atomic E-state index is 11.6. The molecule has 1 heterocycles. The van der Waals surface area contributed by atoms with E-state index >= 15 is 0 Å². The van der Waals surface area contributed by atoms with E-state index in [0.29, 0.717) is 38.9 Å². The smallest absolute Gasteiger partial charge is 0.152 e. The summed E-state index contributed by atoms with van der Waals surface area (Å²) in [5.41, 5.74) is 1.31. The van der Waals surface area contributed by atoms with Crippen molar-refractivity contribution in [2.75, 3.05) is 5.06 Å². The van der Waals surface area contributed by atoms with E-state index in [2.05, 4.69) is 0 Å². The second kappa shape index (κ2) is 7.11. The van der Waals surface area contributed by atoms with Gasteiger partial charge in [0.25, 0.3) is 0 Å². The fraction of sp³-hybridized carbons (Fsp3) is 0.176. The number of hydroxylamine groups is 1. The molecule has 0 amide bonds. The van der Waals surface area contributed by atoms with Gasteiger partial charge in [-0.1, -0.05) is 40.9 Å². The number of hydrogen-bond acceptors (Lipinski definition) is 4. The van der Waals surface area contributed by atoms with E-state index in [1.807, 2.05) is 0 Å². The van der Waals surface area contributed by atoms with Crippen molar-refractivity contribution in [2.24, 2.45) is 5.92 Å². The standard InChI is InChI=1S/C17H12Cl3NO3/c18-10-1-4-12(5-2-10)21-17(14(8-22)16(9-23)24-21)13-6-3-11(19)7-15(13)20/h1-9,14,16-17H. The van der Waals surface area contributed by atoms with Crippen molar-refractivity contribution in [1.29, 1.82) is 0 Å². The molecule has 1 saturated heterocycles. The third-order valence-electron chi connectivity index (χ3n) is 3.89. The first-order valence-corrected chi connectivity index (χ1v) is 8.25. The minimum atomic E-state index is -0.894. The summed E-state index contributed by atoms with van der Waals surface area (Å²) in [7, 11) is 0. The van der Waals surface area contributed by atoms with Crippen molar-refractivity contribution in [2.45, 2.75) is 12.1 Å². The van der Waals surface area contributed by atoms with Crippen LogP contribution in [0.5, 0.6) is 0 Å². The molecule has 0 N–H and O–H groups in total. The van der Waals surface area contributed by atoms with Crippen LogP contribution in [0.4, 0.5) is 5.69 Å². The van der Waals surface area contributed by atoms with Crippen LogP contribution in [0.25, 0.3) is 0 Å². The summed E-state index contributed by atoms with van der Waals surface area (Å²) in [6.07, 6.45) is 0.436. The van der Waals surface area contributed by atoms with Gasteiger partial charge >= 0.3 is 0 Å². The molecule has 2 aromatic carbocycles. The highest BCUT2D eigenvalue weighted by molar-refractivity contribution is 6.35. The average Bonchev–Trinajstić information content (AvgIpc) is 2.94. The van der Waals surface area contributed by atoms with Crippen molar-refractivity contribution in [1.82, 2.24) is 0 Å². The van der Waals surface area contributed by atoms with Crippen molar-refractivity contribution in [3.63, 3.8) is 0 Å². The Bertz CT molecular complexity index is 766. The van der Waals surface area contributed by atoms with E-state index in [9.17, 15) is 9.59 Å². The number of benzene rings is 2. The van der Waals surface area contributed by atoms with Gasteiger partial charge in [0.1, 0.15) is 6.29 Å². The first kappa shape index (κ1) is 17.2. The lowest BCUT2D eigenvalue weighted by Gasteiger charge is -2.26. The lowest BCUT2D eigenvalue weighted by molar-refractivity contribution is -0.122. The van der Waals surface area contributed by atoms with Crippen LogP contribution in [0.3, 0.4) is 0 Å². The first-order valence-electron chi connectivity index (χ1n) is 7.12. The number of carbonyl (C=O) groups is 2. The zero-order chi connectivity index (χ0) is 17.3. The molecule has 0 aliphatic carbocycles. The number of carbonyl (C=O) groups excluding carboxylic acids is 2. The highest BCUT2D eigenvalue weighted by Gasteiger charge is 2.45. The first-order chi connectivity index (χ1) is 11.5. The summed E-state index contributed by atoms with van der Waals surface area (Å²) < 4.78 is 0. The van der Waals surface area contributed by atoms with Crippen molar-refractivity contribution < 1.29 is 14.4 Å². The number of halogens is 3. The van der Waals surface area contributed by atoms with Gasteiger partial charge in [0, 0.05) is 15.1 Å². The Kier molecular flexibility index (Phi) is 5.11. The van der Waals surface area contributed by atoms with Crippen LogP contribution in [-0.2, 0) is 14.4 Å². The fourth-order valence-electron chi connectivity index (χ4n) is 2.75. The molecule has 3 atom stereocenters. The third-order valence-corrected chi connectivity index (χ3v) is 4.70. The summed E-state index contributed by atoms with van der Waals surface area (Å²) in [6.45, 7) is 0. The lowest BCUT2D eigenvalue weighted by atomic mass is 9.91. The second-order valence-electron chi connectivity index (χ2n) is 5.33. The van der Waals surface area contributed by atoms with E-state index in [1.54, 1.807) is 42.5 Å². The Labute approximate surface area is 153 Å².